The standard InChI is InChI=1S/C20H26N2O4S/c1-6-19(20(23)21-18-12-7-9-14(2)15(18)3)22(27(5,24)25)16-10-8-11-17(13-16)26-4/h7-13,19H,6H2,1-5H3,(H,21,23)/t19-/m1/s1. The third-order valence-corrected chi connectivity index (χ3v) is 5.68. The van der Waals surface area contributed by atoms with E-state index in [-0.39, 0.29) is 5.91 Å². The third-order valence-electron chi connectivity index (χ3n) is 4.50. The monoisotopic (exact) mass is 390 g/mol. The van der Waals surface area contributed by atoms with Crippen LogP contribution in [-0.4, -0.2) is 33.7 Å². The Morgan fingerprint density at radius 2 is 1.85 bits per heavy atom. The van der Waals surface area contributed by atoms with Gasteiger partial charge in [0.25, 0.3) is 0 Å². The SMILES string of the molecule is CC[C@H](C(=O)Nc1cccc(C)c1C)N(c1cccc(OC)c1)S(C)(=O)=O. The number of nitrogens with zero attached hydrogens (tertiary/aromatic N) is 1. The molecular formula is C20H26N2O4S. The molecule has 2 rings (SSSR count). The molecule has 0 radical (unpaired) electrons. The summed E-state index contributed by atoms with van der Waals surface area (Å²) >= 11 is 0. The van der Waals surface area contributed by atoms with Gasteiger partial charge in [0.2, 0.25) is 15.9 Å². The molecule has 0 aliphatic heterocycles. The number of hydrogen-bond acceptors (Lipinski definition) is 4. The molecule has 2 aromatic rings. The van der Waals surface area contributed by atoms with E-state index in [1.807, 2.05) is 32.0 Å². The van der Waals surface area contributed by atoms with Gasteiger partial charge in [-0.15, -0.1) is 0 Å². The highest BCUT2D eigenvalue weighted by molar-refractivity contribution is 7.92. The number of carbonyl (C=O) groups excluding carboxylic acids is 1. The van der Waals surface area contributed by atoms with E-state index < -0.39 is 16.1 Å². The van der Waals surface area contributed by atoms with Crippen LogP contribution in [0.2, 0.25) is 0 Å². The summed E-state index contributed by atoms with van der Waals surface area (Å²) in [5.41, 5.74) is 3.07. The smallest absolute Gasteiger partial charge is 0.248 e. The van der Waals surface area contributed by atoms with Crippen molar-refractivity contribution in [3.8, 4) is 5.75 Å². The number of sulfonamides is 1. The quantitative estimate of drug-likeness (QED) is 0.785. The molecule has 1 N–H and O–H groups in total. The number of amides is 1. The fourth-order valence-electron chi connectivity index (χ4n) is 2.91. The summed E-state index contributed by atoms with van der Waals surface area (Å²) in [5, 5.41) is 2.88. The normalized spacial score (nSPS) is 12.3. The molecule has 1 atom stereocenters. The number of rotatable bonds is 7. The zero-order valence-electron chi connectivity index (χ0n) is 16.3. The summed E-state index contributed by atoms with van der Waals surface area (Å²) in [6.45, 7) is 5.66. The summed E-state index contributed by atoms with van der Waals surface area (Å²) in [6.07, 6.45) is 1.42. The molecule has 0 aliphatic rings. The average molecular weight is 391 g/mol. The van der Waals surface area contributed by atoms with Gasteiger partial charge in [-0.25, -0.2) is 8.42 Å². The Morgan fingerprint density at radius 1 is 1.19 bits per heavy atom. The Bertz CT molecular complexity index is 925. The van der Waals surface area contributed by atoms with E-state index in [1.54, 1.807) is 31.2 Å². The van der Waals surface area contributed by atoms with E-state index >= 15 is 0 Å². The first-order chi connectivity index (χ1) is 12.7. The number of aryl methyl sites for hydroxylation is 1. The van der Waals surface area contributed by atoms with Crippen molar-refractivity contribution < 1.29 is 17.9 Å². The summed E-state index contributed by atoms with van der Waals surface area (Å²) in [6, 6.07) is 11.4. The lowest BCUT2D eigenvalue weighted by Gasteiger charge is -2.30. The van der Waals surface area contributed by atoms with Crippen molar-refractivity contribution in [2.24, 2.45) is 0 Å². The van der Waals surface area contributed by atoms with Gasteiger partial charge in [-0.1, -0.05) is 25.1 Å². The second-order valence-corrected chi connectivity index (χ2v) is 8.28. The number of nitrogens with one attached hydrogen (secondary N) is 1. The molecule has 146 valence electrons. The predicted molar refractivity (Wildman–Crippen MR) is 109 cm³/mol. The van der Waals surface area contributed by atoms with Crippen molar-refractivity contribution in [2.75, 3.05) is 23.0 Å². The minimum Gasteiger partial charge on any atom is -0.497 e. The maximum atomic E-state index is 13.0. The van der Waals surface area contributed by atoms with Crippen LogP contribution in [0.5, 0.6) is 5.75 Å². The maximum absolute atomic E-state index is 13.0. The first kappa shape index (κ1) is 20.8. The average Bonchev–Trinajstić information content (AvgIpc) is 2.62. The second kappa shape index (κ2) is 8.43. The van der Waals surface area contributed by atoms with Crippen molar-refractivity contribution >= 4 is 27.3 Å². The molecule has 0 saturated heterocycles. The molecule has 2 aromatic carbocycles. The molecule has 7 heteroatoms. The Labute approximate surface area is 161 Å². The highest BCUT2D eigenvalue weighted by atomic mass is 32.2. The second-order valence-electron chi connectivity index (χ2n) is 6.42. The van der Waals surface area contributed by atoms with Crippen LogP contribution in [0.25, 0.3) is 0 Å². The van der Waals surface area contributed by atoms with Gasteiger partial charge in [0, 0.05) is 11.8 Å². The van der Waals surface area contributed by atoms with E-state index in [2.05, 4.69) is 5.32 Å². The molecule has 6 nitrogen and oxygen atoms in total. The van der Waals surface area contributed by atoms with Gasteiger partial charge in [0.1, 0.15) is 11.8 Å². The number of hydrogen-bond donors (Lipinski definition) is 1. The summed E-state index contributed by atoms with van der Waals surface area (Å²) < 4.78 is 31.4. The van der Waals surface area contributed by atoms with Crippen molar-refractivity contribution in [1.82, 2.24) is 0 Å². The molecule has 0 aliphatic carbocycles. The third kappa shape index (κ3) is 4.80. The van der Waals surface area contributed by atoms with E-state index in [0.29, 0.717) is 23.5 Å². The molecule has 0 aromatic heterocycles. The van der Waals surface area contributed by atoms with Crippen LogP contribution >= 0.6 is 0 Å². The Kier molecular flexibility index (Phi) is 6.49. The van der Waals surface area contributed by atoms with Gasteiger partial charge in [-0.3, -0.25) is 9.10 Å². The van der Waals surface area contributed by atoms with E-state index in [4.69, 9.17) is 4.74 Å². The van der Waals surface area contributed by atoms with E-state index in [0.717, 1.165) is 21.7 Å². The molecular weight excluding hydrogens is 364 g/mol. The number of ether oxygens (including phenoxy) is 1. The van der Waals surface area contributed by atoms with E-state index in [1.165, 1.54) is 7.11 Å². The number of anilines is 2. The first-order valence-electron chi connectivity index (χ1n) is 8.69. The summed E-state index contributed by atoms with van der Waals surface area (Å²) in [7, 11) is -2.18. The first-order valence-corrected chi connectivity index (χ1v) is 10.5. The number of benzene rings is 2. The van der Waals surface area contributed by atoms with Crippen molar-refractivity contribution in [2.45, 2.75) is 33.2 Å². The minimum absolute atomic E-state index is 0.320. The fraction of sp³-hybridized carbons (Fsp3) is 0.350. The summed E-state index contributed by atoms with van der Waals surface area (Å²) in [4.78, 5) is 13.0. The van der Waals surface area contributed by atoms with Crippen LogP contribution in [0, 0.1) is 13.8 Å². The lowest BCUT2D eigenvalue weighted by molar-refractivity contribution is -0.117. The van der Waals surface area contributed by atoms with Gasteiger partial charge in [0.15, 0.2) is 0 Å². The molecule has 0 unspecified atom stereocenters. The number of carbonyl (C=O) groups is 1. The molecule has 1 amide bonds. The molecule has 0 spiro atoms. The Hall–Kier alpha value is -2.54. The summed E-state index contributed by atoms with van der Waals surface area (Å²) in [5.74, 6) is 0.144. The van der Waals surface area contributed by atoms with Crippen LogP contribution in [0.3, 0.4) is 0 Å². The van der Waals surface area contributed by atoms with E-state index in [9.17, 15) is 13.2 Å². The van der Waals surface area contributed by atoms with Gasteiger partial charge >= 0.3 is 0 Å². The topological polar surface area (TPSA) is 75.7 Å². The van der Waals surface area contributed by atoms with Crippen molar-refractivity contribution in [3.63, 3.8) is 0 Å². The van der Waals surface area contributed by atoms with Gasteiger partial charge in [-0.05, 0) is 49.6 Å². The van der Waals surface area contributed by atoms with Crippen LogP contribution < -0.4 is 14.4 Å². The molecule has 0 fully saturated rings. The largest absolute Gasteiger partial charge is 0.497 e. The molecule has 0 bridgehead atoms. The van der Waals surface area contributed by atoms with Crippen LogP contribution in [-0.2, 0) is 14.8 Å². The van der Waals surface area contributed by atoms with Crippen LogP contribution in [0.4, 0.5) is 11.4 Å². The van der Waals surface area contributed by atoms with Crippen LogP contribution in [0.1, 0.15) is 24.5 Å². The van der Waals surface area contributed by atoms with Crippen molar-refractivity contribution in [1.29, 1.82) is 0 Å². The Morgan fingerprint density at radius 3 is 2.44 bits per heavy atom. The van der Waals surface area contributed by atoms with Gasteiger partial charge < -0.3 is 10.1 Å². The van der Waals surface area contributed by atoms with Gasteiger partial charge in [-0.2, -0.15) is 0 Å². The molecule has 0 saturated carbocycles. The lowest BCUT2D eigenvalue weighted by atomic mass is 10.1. The molecule has 27 heavy (non-hydrogen) atoms. The highest BCUT2D eigenvalue weighted by Crippen LogP contribution is 2.27. The number of methoxy groups -OCH3 is 1. The van der Waals surface area contributed by atoms with Gasteiger partial charge in [0.05, 0.1) is 19.1 Å². The van der Waals surface area contributed by atoms with Crippen LogP contribution in [0.15, 0.2) is 42.5 Å². The molecule has 0 heterocycles. The zero-order chi connectivity index (χ0) is 20.2. The maximum Gasteiger partial charge on any atom is 0.248 e. The Balaban J connectivity index is 2.43. The fourth-order valence-corrected chi connectivity index (χ4v) is 4.11. The van der Waals surface area contributed by atoms with Crippen molar-refractivity contribution in [3.05, 3.63) is 53.6 Å². The zero-order valence-corrected chi connectivity index (χ0v) is 17.1. The minimum atomic E-state index is -3.69. The lowest BCUT2D eigenvalue weighted by Crippen LogP contribution is -2.47. The predicted octanol–water partition coefficient (Wildman–Crippen LogP) is 3.50. The highest BCUT2D eigenvalue weighted by Gasteiger charge is 2.32.